The number of ether oxygens (including phenoxy) is 1. The lowest BCUT2D eigenvalue weighted by Crippen LogP contribution is -2.36. The highest BCUT2D eigenvalue weighted by atomic mass is 19.1. The van der Waals surface area contributed by atoms with E-state index in [0.29, 0.717) is 5.56 Å². The summed E-state index contributed by atoms with van der Waals surface area (Å²) in [7, 11) is 1.65. The van der Waals surface area contributed by atoms with E-state index in [9.17, 15) is 9.18 Å². The maximum absolute atomic E-state index is 13.1. The topological polar surface area (TPSA) is 42.4 Å². The number of piperidine rings is 1. The van der Waals surface area contributed by atoms with Gasteiger partial charge in [0.15, 0.2) is 5.78 Å². The van der Waals surface area contributed by atoms with Crippen LogP contribution in [0.4, 0.5) is 10.2 Å². The number of fused-ring (bicyclic) bond motifs is 1. The summed E-state index contributed by atoms with van der Waals surface area (Å²) in [4.78, 5) is 19.6. The number of pyridine rings is 1. The van der Waals surface area contributed by atoms with Crippen LogP contribution in [0.25, 0.3) is 10.9 Å². The predicted molar refractivity (Wildman–Crippen MR) is 104 cm³/mol. The number of benzene rings is 2. The van der Waals surface area contributed by atoms with Gasteiger partial charge in [-0.3, -0.25) is 4.79 Å². The van der Waals surface area contributed by atoms with Crippen molar-refractivity contribution in [2.75, 3.05) is 25.1 Å². The maximum atomic E-state index is 13.1. The van der Waals surface area contributed by atoms with Crippen molar-refractivity contribution in [1.29, 1.82) is 0 Å². The van der Waals surface area contributed by atoms with Gasteiger partial charge in [0.05, 0.1) is 12.6 Å². The largest absolute Gasteiger partial charge is 0.497 e. The molecule has 27 heavy (non-hydrogen) atoms. The van der Waals surface area contributed by atoms with Crippen LogP contribution in [-0.2, 0) is 0 Å². The van der Waals surface area contributed by atoms with Gasteiger partial charge in [-0.05, 0) is 67.4 Å². The van der Waals surface area contributed by atoms with Gasteiger partial charge in [-0.15, -0.1) is 0 Å². The van der Waals surface area contributed by atoms with Gasteiger partial charge >= 0.3 is 0 Å². The lowest BCUT2D eigenvalue weighted by atomic mass is 9.89. The first-order valence-corrected chi connectivity index (χ1v) is 9.13. The van der Waals surface area contributed by atoms with E-state index < -0.39 is 0 Å². The first kappa shape index (κ1) is 17.5. The highest BCUT2D eigenvalue weighted by molar-refractivity contribution is 5.98. The molecule has 138 valence electrons. The number of nitrogens with zero attached hydrogens (tertiary/aromatic N) is 2. The van der Waals surface area contributed by atoms with Gasteiger partial charge in [0.1, 0.15) is 17.4 Å². The first-order valence-electron chi connectivity index (χ1n) is 9.13. The molecular weight excluding hydrogens is 343 g/mol. The Kier molecular flexibility index (Phi) is 4.75. The molecule has 0 atom stereocenters. The number of Topliss-reactive ketones (excluding diaryl/α,β-unsaturated/α-hetero) is 1. The van der Waals surface area contributed by atoms with Crippen molar-refractivity contribution in [1.82, 2.24) is 4.98 Å². The van der Waals surface area contributed by atoms with Gasteiger partial charge in [-0.25, -0.2) is 9.37 Å². The van der Waals surface area contributed by atoms with E-state index in [1.165, 1.54) is 12.1 Å². The average Bonchev–Trinajstić information content (AvgIpc) is 2.73. The van der Waals surface area contributed by atoms with Crippen molar-refractivity contribution in [2.24, 2.45) is 5.92 Å². The first-order chi connectivity index (χ1) is 13.1. The summed E-state index contributed by atoms with van der Waals surface area (Å²) in [6, 6.07) is 15.7. The van der Waals surface area contributed by atoms with E-state index in [2.05, 4.69) is 11.0 Å². The van der Waals surface area contributed by atoms with Gasteiger partial charge in [-0.1, -0.05) is 0 Å². The zero-order chi connectivity index (χ0) is 18.8. The number of halogens is 1. The number of aromatic nitrogens is 1. The number of hydrogen-bond donors (Lipinski definition) is 0. The smallest absolute Gasteiger partial charge is 0.166 e. The molecule has 0 saturated carbocycles. The van der Waals surface area contributed by atoms with Gasteiger partial charge in [0.25, 0.3) is 0 Å². The molecule has 1 saturated heterocycles. The van der Waals surface area contributed by atoms with E-state index >= 15 is 0 Å². The van der Waals surface area contributed by atoms with E-state index in [4.69, 9.17) is 9.72 Å². The Morgan fingerprint density at radius 1 is 1.07 bits per heavy atom. The van der Waals surface area contributed by atoms with Crippen LogP contribution in [0.5, 0.6) is 5.75 Å². The van der Waals surface area contributed by atoms with Crippen LogP contribution in [0, 0.1) is 11.7 Å². The zero-order valence-electron chi connectivity index (χ0n) is 15.2. The van der Waals surface area contributed by atoms with Crippen molar-refractivity contribution in [3.63, 3.8) is 0 Å². The summed E-state index contributed by atoms with van der Waals surface area (Å²) in [5, 5.41) is 1.04. The minimum Gasteiger partial charge on any atom is -0.497 e. The van der Waals surface area contributed by atoms with Gasteiger partial charge in [0, 0.05) is 30.0 Å². The van der Waals surface area contributed by atoms with Crippen LogP contribution < -0.4 is 9.64 Å². The molecule has 2 heterocycles. The minimum absolute atomic E-state index is 0.0172. The van der Waals surface area contributed by atoms with E-state index in [0.717, 1.165) is 48.4 Å². The number of rotatable bonds is 4. The second-order valence-corrected chi connectivity index (χ2v) is 6.86. The van der Waals surface area contributed by atoms with Gasteiger partial charge in [0.2, 0.25) is 0 Å². The number of anilines is 1. The quantitative estimate of drug-likeness (QED) is 0.640. The Balaban J connectivity index is 1.45. The minimum atomic E-state index is -0.318. The molecule has 0 spiro atoms. The Morgan fingerprint density at radius 3 is 2.52 bits per heavy atom. The third kappa shape index (κ3) is 3.63. The lowest BCUT2D eigenvalue weighted by molar-refractivity contribution is 0.0900. The molecular formula is C22H21FN2O2. The molecule has 0 N–H and O–H groups in total. The average molecular weight is 364 g/mol. The van der Waals surface area contributed by atoms with Crippen LogP contribution in [0.2, 0.25) is 0 Å². The van der Waals surface area contributed by atoms with E-state index in [-0.39, 0.29) is 17.5 Å². The highest BCUT2D eigenvalue weighted by Crippen LogP contribution is 2.27. The molecule has 0 amide bonds. The normalized spacial score (nSPS) is 15.1. The monoisotopic (exact) mass is 364 g/mol. The number of methoxy groups -OCH3 is 1. The molecule has 4 nitrogen and oxygen atoms in total. The summed E-state index contributed by atoms with van der Waals surface area (Å²) >= 11 is 0. The molecule has 5 heteroatoms. The molecule has 0 bridgehead atoms. The van der Waals surface area contributed by atoms with Crippen LogP contribution in [-0.4, -0.2) is 31.0 Å². The standard InChI is InChI=1S/C22H21FN2O2/c1-27-19-7-8-20-17(14-19)4-9-21(24-20)25-12-10-16(11-13-25)22(26)15-2-5-18(23)6-3-15/h2-9,14,16H,10-13H2,1H3. The summed E-state index contributed by atoms with van der Waals surface area (Å²) in [5.74, 6) is 1.52. The number of carbonyl (C=O) groups is 1. The molecule has 0 radical (unpaired) electrons. The fourth-order valence-corrected chi connectivity index (χ4v) is 3.62. The fourth-order valence-electron chi connectivity index (χ4n) is 3.62. The Bertz CT molecular complexity index is 964. The molecule has 1 aliphatic rings. The van der Waals surface area contributed by atoms with Crippen LogP contribution >= 0.6 is 0 Å². The third-order valence-corrected chi connectivity index (χ3v) is 5.20. The summed E-state index contributed by atoms with van der Waals surface area (Å²) in [6.07, 6.45) is 1.55. The number of carbonyl (C=O) groups excluding carboxylic acids is 1. The van der Waals surface area contributed by atoms with Crippen molar-refractivity contribution in [3.05, 3.63) is 66.0 Å². The SMILES string of the molecule is COc1ccc2nc(N3CCC(C(=O)c4ccc(F)cc4)CC3)ccc2c1. The van der Waals surface area contributed by atoms with Crippen molar-refractivity contribution < 1.29 is 13.9 Å². The van der Waals surface area contributed by atoms with Crippen LogP contribution in [0.15, 0.2) is 54.6 Å². The zero-order valence-corrected chi connectivity index (χ0v) is 15.2. The summed E-state index contributed by atoms with van der Waals surface area (Å²) < 4.78 is 18.3. The third-order valence-electron chi connectivity index (χ3n) is 5.20. The van der Waals surface area contributed by atoms with Crippen LogP contribution in [0.1, 0.15) is 23.2 Å². The molecule has 1 aliphatic heterocycles. The number of ketones is 1. The van der Waals surface area contributed by atoms with E-state index in [1.807, 2.05) is 24.3 Å². The second-order valence-electron chi connectivity index (χ2n) is 6.86. The fraction of sp³-hybridized carbons (Fsp3) is 0.273. The molecule has 4 rings (SSSR count). The highest BCUT2D eigenvalue weighted by Gasteiger charge is 2.26. The Labute approximate surface area is 157 Å². The molecule has 3 aromatic rings. The Hall–Kier alpha value is -2.95. The van der Waals surface area contributed by atoms with Crippen LogP contribution in [0.3, 0.4) is 0 Å². The summed E-state index contributed by atoms with van der Waals surface area (Å²) in [5.41, 5.74) is 1.52. The predicted octanol–water partition coefficient (Wildman–Crippen LogP) is 4.48. The van der Waals surface area contributed by atoms with Crippen molar-refractivity contribution in [2.45, 2.75) is 12.8 Å². The molecule has 1 aromatic heterocycles. The lowest BCUT2D eigenvalue weighted by Gasteiger charge is -2.32. The maximum Gasteiger partial charge on any atom is 0.166 e. The molecule has 0 unspecified atom stereocenters. The Morgan fingerprint density at radius 2 is 1.81 bits per heavy atom. The van der Waals surface area contributed by atoms with Crippen molar-refractivity contribution >= 4 is 22.5 Å². The summed E-state index contributed by atoms with van der Waals surface area (Å²) in [6.45, 7) is 1.57. The molecule has 1 fully saturated rings. The molecule has 2 aromatic carbocycles. The van der Waals surface area contributed by atoms with Gasteiger partial charge < -0.3 is 9.64 Å². The second kappa shape index (κ2) is 7.35. The van der Waals surface area contributed by atoms with E-state index in [1.54, 1.807) is 19.2 Å². The van der Waals surface area contributed by atoms with Crippen molar-refractivity contribution in [3.8, 4) is 5.75 Å². The number of hydrogen-bond acceptors (Lipinski definition) is 4. The molecule has 0 aliphatic carbocycles. The van der Waals surface area contributed by atoms with Gasteiger partial charge in [-0.2, -0.15) is 0 Å².